The van der Waals surface area contributed by atoms with Crippen LogP contribution in [0.25, 0.3) is 0 Å². The Labute approximate surface area is 111 Å². The number of nitrogens with one attached hydrogen (secondary N) is 1. The first kappa shape index (κ1) is 13.0. The molecule has 98 valence electrons. The maximum Gasteiger partial charge on any atom is 0.255 e. The Hall–Kier alpha value is -2.49. The number of aromatic hydroxyl groups is 2. The zero-order valence-electron chi connectivity index (χ0n) is 10.6. The van der Waals surface area contributed by atoms with Gasteiger partial charge >= 0.3 is 0 Å². The highest BCUT2D eigenvalue weighted by Gasteiger charge is 2.12. The smallest absolute Gasteiger partial charge is 0.255 e. The van der Waals surface area contributed by atoms with E-state index < -0.39 is 0 Å². The zero-order valence-corrected chi connectivity index (χ0v) is 10.6. The third kappa shape index (κ3) is 2.85. The van der Waals surface area contributed by atoms with Crippen molar-refractivity contribution in [3.8, 4) is 11.5 Å². The topological polar surface area (TPSA) is 69.6 Å². The maximum atomic E-state index is 11.9. The SMILES string of the molecule is Cc1cccc(C(=O)NCc2ccccc2O)c1O. The van der Waals surface area contributed by atoms with Crippen LogP contribution in [0.2, 0.25) is 0 Å². The van der Waals surface area contributed by atoms with Gasteiger partial charge < -0.3 is 15.5 Å². The van der Waals surface area contributed by atoms with Crippen molar-refractivity contribution in [1.82, 2.24) is 5.32 Å². The number of carbonyl (C=O) groups excluding carboxylic acids is 1. The summed E-state index contributed by atoms with van der Waals surface area (Å²) >= 11 is 0. The van der Waals surface area contributed by atoms with E-state index in [-0.39, 0.29) is 29.5 Å². The molecule has 0 bridgehead atoms. The summed E-state index contributed by atoms with van der Waals surface area (Å²) in [6, 6.07) is 11.8. The normalized spacial score (nSPS) is 10.2. The Morgan fingerprint density at radius 2 is 1.84 bits per heavy atom. The molecule has 0 unspecified atom stereocenters. The molecule has 0 atom stereocenters. The Morgan fingerprint density at radius 3 is 2.58 bits per heavy atom. The predicted octanol–water partition coefficient (Wildman–Crippen LogP) is 2.34. The second-order valence-corrected chi connectivity index (χ2v) is 4.28. The third-order valence-corrected chi connectivity index (χ3v) is 2.91. The lowest BCUT2D eigenvalue weighted by molar-refractivity contribution is 0.0948. The minimum absolute atomic E-state index is 0.0164. The third-order valence-electron chi connectivity index (χ3n) is 2.91. The van der Waals surface area contributed by atoms with Gasteiger partial charge in [0.05, 0.1) is 5.56 Å². The summed E-state index contributed by atoms with van der Waals surface area (Å²) in [5, 5.41) is 22.1. The largest absolute Gasteiger partial charge is 0.508 e. The van der Waals surface area contributed by atoms with Crippen molar-refractivity contribution >= 4 is 5.91 Å². The first-order valence-electron chi connectivity index (χ1n) is 5.93. The molecule has 2 rings (SSSR count). The molecule has 0 saturated carbocycles. The van der Waals surface area contributed by atoms with Gasteiger partial charge in [-0.15, -0.1) is 0 Å². The molecule has 4 nitrogen and oxygen atoms in total. The number of rotatable bonds is 3. The monoisotopic (exact) mass is 257 g/mol. The zero-order chi connectivity index (χ0) is 13.8. The van der Waals surface area contributed by atoms with Crippen molar-refractivity contribution < 1.29 is 15.0 Å². The Morgan fingerprint density at radius 1 is 1.11 bits per heavy atom. The van der Waals surface area contributed by atoms with Crippen LogP contribution >= 0.6 is 0 Å². The average molecular weight is 257 g/mol. The first-order valence-corrected chi connectivity index (χ1v) is 5.93. The molecule has 0 aliphatic heterocycles. The summed E-state index contributed by atoms with van der Waals surface area (Å²) in [4.78, 5) is 11.9. The summed E-state index contributed by atoms with van der Waals surface area (Å²) in [6.45, 7) is 1.94. The molecule has 4 heteroatoms. The van der Waals surface area contributed by atoms with Gasteiger partial charge in [-0.3, -0.25) is 4.79 Å². The second-order valence-electron chi connectivity index (χ2n) is 4.28. The molecule has 0 aromatic heterocycles. The number of aryl methyl sites for hydroxylation is 1. The standard InChI is InChI=1S/C15H15NO3/c1-10-5-4-7-12(14(10)18)15(19)16-9-11-6-2-3-8-13(11)17/h2-8,17-18H,9H2,1H3,(H,16,19). The number of amides is 1. The first-order chi connectivity index (χ1) is 9.09. The number of benzene rings is 2. The Kier molecular flexibility index (Phi) is 3.71. The van der Waals surface area contributed by atoms with Gasteiger partial charge in [0, 0.05) is 12.1 Å². The van der Waals surface area contributed by atoms with Crippen molar-refractivity contribution in [3.63, 3.8) is 0 Å². The summed E-state index contributed by atoms with van der Waals surface area (Å²) < 4.78 is 0. The highest BCUT2D eigenvalue weighted by atomic mass is 16.3. The Balaban J connectivity index is 2.10. The molecule has 0 aliphatic rings. The average Bonchev–Trinajstić information content (AvgIpc) is 2.40. The van der Waals surface area contributed by atoms with Gasteiger partial charge in [0.1, 0.15) is 11.5 Å². The molecule has 3 N–H and O–H groups in total. The number of phenolic OH excluding ortho intramolecular Hbond substituents is 2. The van der Waals surface area contributed by atoms with E-state index in [1.54, 1.807) is 49.4 Å². The molecule has 19 heavy (non-hydrogen) atoms. The van der Waals surface area contributed by atoms with Crippen molar-refractivity contribution in [3.05, 3.63) is 59.2 Å². The summed E-state index contributed by atoms with van der Waals surface area (Å²) in [7, 11) is 0. The number of carbonyl (C=O) groups is 1. The molecule has 0 heterocycles. The summed E-state index contributed by atoms with van der Waals surface area (Å²) in [6.07, 6.45) is 0. The minimum atomic E-state index is -0.371. The van der Waals surface area contributed by atoms with E-state index in [1.165, 1.54) is 0 Å². The van der Waals surface area contributed by atoms with E-state index in [2.05, 4.69) is 5.32 Å². The number of hydrogen-bond acceptors (Lipinski definition) is 3. The lowest BCUT2D eigenvalue weighted by Crippen LogP contribution is -2.23. The molecule has 0 radical (unpaired) electrons. The van der Waals surface area contributed by atoms with E-state index in [1.807, 2.05) is 0 Å². The van der Waals surface area contributed by atoms with Crippen LogP contribution in [0.15, 0.2) is 42.5 Å². The van der Waals surface area contributed by atoms with Gasteiger partial charge in [-0.05, 0) is 24.6 Å². The van der Waals surface area contributed by atoms with Gasteiger partial charge in [-0.1, -0.05) is 30.3 Å². The van der Waals surface area contributed by atoms with Crippen LogP contribution in [0.5, 0.6) is 11.5 Å². The van der Waals surface area contributed by atoms with Crippen LogP contribution in [0.3, 0.4) is 0 Å². The number of para-hydroxylation sites is 2. The van der Waals surface area contributed by atoms with Crippen molar-refractivity contribution in [2.24, 2.45) is 0 Å². The van der Waals surface area contributed by atoms with Gasteiger partial charge in [0.15, 0.2) is 0 Å². The van der Waals surface area contributed by atoms with Crippen LogP contribution in [0.1, 0.15) is 21.5 Å². The quantitative estimate of drug-likeness (QED) is 0.790. The lowest BCUT2D eigenvalue weighted by Gasteiger charge is -2.09. The number of hydrogen-bond donors (Lipinski definition) is 3. The van der Waals surface area contributed by atoms with Crippen LogP contribution in [0, 0.1) is 6.92 Å². The van der Waals surface area contributed by atoms with Gasteiger partial charge in [-0.25, -0.2) is 0 Å². The lowest BCUT2D eigenvalue weighted by atomic mass is 10.1. The van der Waals surface area contributed by atoms with Crippen LogP contribution < -0.4 is 5.32 Å². The fourth-order valence-electron chi connectivity index (χ4n) is 1.77. The molecule has 2 aromatic carbocycles. The van der Waals surface area contributed by atoms with Crippen LogP contribution in [-0.4, -0.2) is 16.1 Å². The van der Waals surface area contributed by atoms with Crippen LogP contribution in [0.4, 0.5) is 0 Å². The van der Waals surface area contributed by atoms with Crippen molar-refractivity contribution in [1.29, 1.82) is 0 Å². The van der Waals surface area contributed by atoms with E-state index in [4.69, 9.17) is 0 Å². The van der Waals surface area contributed by atoms with Crippen molar-refractivity contribution in [2.75, 3.05) is 0 Å². The molecule has 0 fully saturated rings. The van der Waals surface area contributed by atoms with E-state index in [0.29, 0.717) is 11.1 Å². The Bertz CT molecular complexity index is 608. The second kappa shape index (κ2) is 5.44. The highest BCUT2D eigenvalue weighted by molar-refractivity contribution is 5.97. The number of phenols is 2. The van der Waals surface area contributed by atoms with Crippen LogP contribution in [-0.2, 0) is 6.54 Å². The van der Waals surface area contributed by atoms with E-state index in [9.17, 15) is 15.0 Å². The predicted molar refractivity (Wildman–Crippen MR) is 72.1 cm³/mol. The highest BCUT2D eigenvalue weighted by Crippen LogP contribution is 2.21. The van der Waals surface area contributed by atoms with Gasteiger partial charge in [0.25, 0.3) is 5.91 Å². The van der Waals surface area contributed by atoms with Gasteiger partial charge in [-0.2, -0.15) is 0 Å². The molecule has 0 saturated heterocycles. The molecule has 2 aromatic rings. The fraction of sp³-hybridized carbons (Fsp3) is 0.133. The maximum absolute atomic E-state index is 11.9. The molecule has 0 aliphatic carbocycles. The molecule has 1 amide bonds. The van der Waals surface area contributed by atoms with Crippen molar-refractivity contribution in [2.45, 2.75) is 13.5 Å². The molecular formula is C15H15NO3. The summed E-state index contributed by atoms with van der Waals surface area (Å²) in [5.41, 5.74) is 1.51. The molecular weight excluding hydrogens is 242 g/mol. The molecule has 0 spiro atoms. The van der Waals surface area contributed by atoms with E-state index >= 15 is 0 Å². The van der Waals surface area contributed by atoms with Gasteiger partial charge in [0.2, 0.25) is 0 Å². The fourth-order valence-corrected chi connectivity index (χ4v) is 1.77. The minimum Gasteiger partial charge on any atom is -0.508 e. The van der Waals surface area contributed by atoms with E-state index in [0.717, 1.165) is 0 Å². The summed E-state index contributed by atoms with van der Waals surface area (Å²) in [5.74, 6) is -0.252.